The average molecular weight is 132 g/mol. The largest absolute Gasteiger partial charge is 0.481 e. The van der Waals surface area contributed by atoms with Gasteiger partial charge in [-0.2, -0.15) is 0 Å². The third kappa shape index (κ3) is 2.46. The first kappa shape index (κ1) is 8.43. The molecule has 0 aliphatic rings. The number of hydrogen-bond donors (Lipinski definition) is 2. The topological polar surface area (TPSA) is 57.5 Å². The third-order valence-electron chi connectivity index (χ3n) is 1.34. The quantitative estimate of drug-likeness (QED) is 0.587. The van der Waals surface area contributed by atoms with Crippen LogP contribution in [0.3, 0.4) is 0 Å². The number of hydrogen-bond acceptors (Lipinski definition) is 2. The molecule has 0 saturated carbocycles. The van der Waals surface area contributed by atoms with Crippen LogP contribution in [-0.4, -0.2) is 22.3 Å². The molecule has 0 amide bonds. The second kappa shape index (κ2) is 3.45. The van der Waals surface area contributed by atoms with Crippen LogP contribution in [0.15, 0.2) is 0 Å². The number of carboxylic acids is 1. The summed E-state index contributed by atoms with van der Waals surface area (Å²) in [4.78, 5) is 10.2. The highest BCUT2D eigenvalue weighted by atomic mass is 16.4. The predicted molar refractivity (Wildman–Crippen MR) is 33.1 cm³/mol. The van der Waals surface area contributed by atoms with Crippen LogP contribution in [0.5, 0.6) is 0 Å². The fourth-order valence-electron chi connectivity index (χ4n) is 0.722. The van der Waals surface area contributed by atoms with Gasteiger partial charge >= 0.3 is 5.97 Å². The molecule has 54 valence electrons. The van der Waals surface area contributed by atoms with Gasteiger partial charge in [-0.3, -0.25) is 4.79 Å². The van der Waals surface area contributed by atoms with E-state index in [4.69, 9.17) is 10.2 Å². The minimum atomic E-state index is -0.924. The van der Waals surface area contributed by atoms with Crippen molar-refractivity contribution in [2.45, 2.75) is 26.4 Å². The SMILES string of the molecule is CC[C@H](C(=O)O)C(C)O. The second-order valence-corrected chi connectivity index (χ2v) is 2.09. The molecule has 0 aliphatic carbocycles. The first-order chi connectivity index (χ1) is 4.09. The highest BCUT2D eigenvalue weighted by Crippen LogP contribution is 2.07. The summed E-state index contributed by atoms with van der Waals surface area (Å²) >= 11 is 0. The van der Waals surface area contributed by atoms with Gasteiger partial charge in [-0.25, -0.2) is 0 Å². The van der Waals surface area contributed by atoms with Gasteiger partial charge in [0, 0.05) is 0 Å². The van der Waals surface area contributed by atoms with Gasteiger partial charge in [-0.15, -0.1) is 0 Å². The maximum Gasteiger partial charge on any atom is 0.309 e. The smallest absolute Gasteiger partial charge is 0.309 e. The molecule has 0 aromatic carbocycles. The number of aliphatic hydroxyl groups excluding tert-OH is 1. The van der Waals surface area contributed by atoms with Crippen LogP contribution in [0.1, 0.15) is 20.3 Å². The molecular weight excluding hydrogens is 120 g/mol. The standard InChI is InChI=1S/C6H12O3/c1-3-5(4(2)7)6(8)9/h4-5,7H,3H2,1-2H3,(H,8,9)/t4?,5-/m0/s1. The van der Waals surface area contributed by atoms with Crippen LogP contribution in [0, 0.1) is 5.92 Å². The molecule has 0 heterocycles. The molecule has 0 fully saturated rings. The van der Waals surface area contributed by atoms with Crippen molar-refractivity contribution >= 4 is 5.97 Å². The van der Waals surface area contributed by atoms with Crippen LogP contribution >= 0.6 is 0 Å². The lowest BCUT2D eigenvalue weighted by Crippen LogP contribution is -2.24. The molecule has 2 N–H and O–H groups in total. The van der Waals surface area contributed by atoms with Crippen molar-refractivity contribution in [2.75, 3.05) is 0 Å². The fourth-order valence-corrected chi connectivity index (χ4v) is 0.722. The summed E-state index contributed by atoms with van der Waals surface area (Å²) in [7, 11) is 0. The molecular formula is C6H12O3. The van der Waals surface area contributed by atoms with Crippen molar-refractivity contribution in [3.05, 3.63) is 0 Å². The summed E-state index contributed by atoms with van der Waals surface area (Å²) in [6.45, 7) is 3.23. The van der Waals surface area contributed by atoms with Gasteiger partial charge in [0.2, 0.25) is 0 Å². The summed E-state index contributed by atoms with van der Waals surface area (Å²) in [5.74, 6) is -1.53. The summed E-state index contributed by atoms with van der Waals surface area (Å²) in [6.07, 6.45) is -0.264. The maximum absolute atomic E-state index is 10.2. The highest BCUT2D eigenvalue weighted by Gasteiger charge is 2.19. The molecule has 0 aromatic heterocycles. The fraction of sp³-hybridized carbons (Fsp3) is 0.833. The van der Waals surface area contributed by atoms with E-state index in [0.29, 0.717) is 6.42 Å². The third-order valence-corrected chi connectivity index (χ3v) is 1.34. The van der Waals surface area contributed by atoms with Crippen LogP contribution in [0.25, 0.3) is 0 Å². The van der Waals surface area contributed by atoms with E-state index < -0.39 is 18.0 Å². The molecule has 0 saturated heterocycles. The Balaban J connectivity index is 3.83. The van der Waals surface area contributed by atoms with E-state index in [1.54, 1.807) is 6.92 Å². The van der Waals surface area contributed by atoms with Crippen LogP contribution < -0.4 is 0 Å². The van der Waals surface area contributed by atoms with Crippen molar-refractivity contribution in [3.63, 3.8) is 0 Å². The Bertz CT molecular complexity index is 98.5. The number of aliphatic carboxylic acids is 1. The maximum atomic E-state index is 10.2. The molecule has 0 radical (unpaired) electrons. The van der Waals surface area contributed by atoms with Crippen LogP contribution in [-0.2, 0) is 4.79 Å². The van der Waals surface area contributed by atoms with Crippen molar-refractivity contribution < 1.29 is 15.0 Å². The van der Waals surface area contributed by atoms with Crippen LogP contribution in [0.4, 0.5) is 0 Å². The monoisotopic (exact) mass is 132 g/mol. The van der Waals surface area contributed by atoms with Gasteiger partial charge in [-0.05, 0) is 13.3 Å². The average Bonchev–Trinajstić information content (AvgIpc) is 1.64. The molecule has 9 heavy (non-hydrogen) atoms. The van der Waals surface area contributed by atoms with E-state index in [2.05, 4.69) is 0 Å². The Hall–Kier alpha value is -0.570. The van der Waals surface area contributed by atoms with E-state index in [-0.39, 0.29) is 0 Å². The molecule has 3 nitrogen and oxygen atoms in total. The van der Waals surface area contributed by atoms with Gasteiger partial charge in [0.05, 0.1) is 12.0 Å². The van der Waals surface area contributed by atoms with Gasteiger partial charge in [0.15, 0.2) is 0 Å². The van der Waals surface area contributed by atoms with Gasteiger partial charge < -0.3 is 10.2 Å². The molecule has 1 unspecified atom stereocenters. The Morgan fingerprint density at radius 3 is 2.11 bits per heavy atom. The van der Waals surface area contributed by atoms with E-state index in [9.17, 15) is 4.79 Å². The zero-order chi connectivity index (χ0) is 7.44. The Labute approximate surface area is 54.3 Å². The Morgan fingerprint density at radius 1 is 1.67 bits per heavy atom. The number of carbonyl (C=O) groups is 1. The molecule has 3 heteroatoms. The summed E-state index contributed by atoms with van der Waals surface area (Å²) in [5, 5.41) is 17.2. The normalized spacial score (nSPS) is 16.8. The first-order valence-corrected chi connectivity index (χ1v) is 3.00. The van der Waals surface area contributed by atoms with Crippen molar-refractivity contribution in [1.29, 1.82) is 0 Å². The van der Waals surface area contributed by atoms with Crippen molar-refractivity contribution in [3.8, 4) is 0 Å². The van der Waals surface area contributed by atoms with E-state index in [1.165, 1.54) is 6.92 Å². The van der Waals surface area contributed by atoms with E-state index in [0.717, 1.165) is 0 Å². The molecule has 0 spiro atoms. The number of carboxylic acid groups (broad SMARTS) is 1. The zero-order valence-corrected chi connectivity index (χ0v) is 5.66. The zero-order valence-electron chi connectivity index (χ0n) is 5.66. The van der Waals surface area contributed by atoms with Gasteiger partial charge in [-0.1, -0.05) is 6.92 Å². The minimum absolute atomic E-state index is 0.479. The molecule has 0 rings (SSSR count). The lowest BCUT2D eigenvalue weighted by molar-refractivity contribution is -0.145. The summed E-state index contributed by atoms with van der Waals surface area (Å²) in [6, 6.07) is 0. The number of rotatable bonds is 3. The Morgan fingerprint density at radius 2 is 2.11 bits per heavy atom. The second-order valence-electron chi connectivity index (χ2n) is 2.09. The van der Waals surface area contributed by atoms with Gasteiger partial charge in [0.1, 0.15) is 0 Å². The lowest BCUT2D eigenvalue weighted by atomic mass is 10.0. The van der Waals surface area contributed by atoms with Crippen LogP contribution in [0.2, 0.25) is 0 Å². The highest BCUT2D eigenvalue weighted by molar-refractivity contribution is 5.70. The van der Waals surface area contributed by atoms with Gasteiger partial charge in [0.25, 0.3) is 0 Å². The lowest BCUT2D eigenvalue weighted by Gasteiger charge is -2.11. The van der Waals surface area contributed by atoms with Crippen molar-refractivity contribution in [1.82, 2.24) is 0 Å². The summed E-state index contributed by atoms with van der Waals surface area (Å²) in [5.41, 5.74) is 0. The molecule has 0 aliphatic heterocycles. The minimum Gasteiger partial charge on any atom is -0.481 e. The molecule has 0 aromatic rings. The van der Waals surface area contributed by atoms with E-state index >= 15 is 0 Å². The number of aliphatic hydroxyl groups is 1. The first-order valence-electron chi connectivity index (χ1n) is 3.00. The van der Waals surface area contributed by atoms with Crippen molar-refractivity contribution in [2.24, 2.45) is 5.92 Å². The van der Waals surface area contributed by atoms with E-state index in [1.807, 2.05) is 0 Å². The molecule has 2 atom stereocenters. The predicted octanol–water partition coefficient (Wildman–Crippen LogP) is 0.478. The molecule has 0 bridgehead atoms. The summed E-state index contributed by atoms with van der Waals surface area (Å²) < 4.78 is 0. The Kier molecular flexibility index (Phi) is 3.24.